The van der Waals surface area contributed by atoms with E-state index in [1.54, 1.807) is 12.1 Å². The summed E-state index contributed by atoms with van der Waals surface area (Å²) in [4.78, 5) is 28.6. The zero-order valence-electron chi connectivity index (χ0n) is 22.8. The monoisotopic (exact) mass is 556 g/mol. The SMILES string of the molecule is C=CC(=O)N1CCN(c2nc(NC3CCN(C)C3)nc3c(C)c(-c4cc(O)cc5ccccc45)c(Cl)cc23)CC1. The van der Waals surface area contributed by atoms with Gasteiger partial charge in [-0.1, -0.05) is 42.4 Å². The molecule has 2 saturated heterocycles. The van der Waals surface area contributed by atoms with Crippen LogP contribution >= 0.6 is 11.6 Å². The maximum atomic E-state index is 12.2. The van der Waals surface area contributed by atoms with Crippen LogP contribution < -0.4 is 10.2 Å². The molecule has 6 rings (SSSR count). The van der Waals surface area contributed by atoms with Crippen molar-refractivity contribution in [2.45, 2.75) is 19.4 Å². The normalized spacial score (nSPS) is 18.0. The maximum absolute atomic E-state index is 12.2. The number of aryl methyl sites for hydroxylation is 1. The maximum Gasteiger partial charge on any atom is 0.246 e. The van der Waals surface area contributed by atoms with Crippen LogP contribution in [-0.2, 0) is 4.79 Å². The number of aromatic nitrogens is 2. The summed E-state index contributed by atoms with van der Waals surface area (Å²) in [6.45, 7) is 10.1. The van der Waals surface area contributed by atoms with Crippen LogP contribution in [0.1, 0.15) is 12.0 Å². The lowest BCUT2D eigenvalue weighted by Crippen LogP contribution is -2.48. The topological polar surface area (TPSA) is 84.8 Å². The molecule has 0 aliphatic carbocycles. The second-order valence-corrected chi connectivity index (χ2v) is 11.2. The first-order valence-electron chi connectivity index (χ1n) is 13.7. The van der Waals surface area contributed by atoms with Gasteiger partial charge in [-0.15, -0.1) is 0 Å². The Morgan fingerprint density at radius 3 is 2.60 bits per heavy atom. The number of hydrogen-bond donors (Lipinski definition) is 2. The summed E-state index contributed by atoms with van der Waals surface area (Å²) in [5.74, 6) is 1.53. The lowest BCUT2D eigenvalue weighted by Gasteiger charge is -2.35. The fraction of sp³-hybridized carbons (Fsp3) is 0.323. The molecule has 8 nitrogen and oxygen atoms in total. The number of piperazine rings is 1. The number of amides is 1. The van der Waals surface area contributed by atoms with Crippen LogP contribution in [0.15, 0.2) is 55.1 Å². The Labute approximate surface area is 238 Å². The van der Waals surface area contributed by atoms with Gasteiger partial charge >= 0.3 is 0 Å². The fourth-order valence-corrected chi connectivity index (χ4v) is 6.37. The highest BCUT2D eigenvalue weighted by molar-refractivity contribution is 6.35. The summed E-state index contributed by atoms with van der Waals surface area (Å²) >= 11 is 7.04. The molecular weight excluding hydrogens is 524 g/mol. The Morgan fingerprint density at radius 2 is 1.88 bits per heavy atom. The molecule has 3 aromatic carbocycles. The van der Waals surface area contributed by atoms with E-state index in [1.807, 2.05) is 42.2 Å². The summed E-state index contributed by atoms with van der Waals surface area (Å²) in [6, 6.07) is 13.7. The van der Waals surface area contributed by atoms with Crippen molar-refractivity contribution in [2.75, 3.05) is 56.5 Å². The Morgan fingerprint density at radius 1 is 1.10 bits per heavy atom. The molecule has 206 valence electrons. The fourth-order valence-electron chi connectivity index (χ4n) is 6.01. The zero-order valence-corrected chi connectivity index (χ0v) is 23.6. The number of halogens is 1. The van der Waals surface area contributed by atoms with Gasteiger partial charge in [0.25, 0.3) is 0 Å². The smallest absolute Gasteiger partial charge is 0.246 e. The minimum atomic E-state index is -0.0539. The first-order valence-corrected chi connectivity index (χ1v) is 14.0. The molecule has 2 aliphatic rings. The van der Waals surface area contributed by atoms with Gasteiger partial charge in [0.1, 0.15) is 11.6 Å². The molecule has 1 amide bonds. The number of aromatic hydroxyl groups is 1. The number of benzene rings is 3. The molecule has 0 saturated carbocycles. The molecule has 2 aliphatic heterocycles. The zero-order chi connectivity index (χ0) is 28.0. The van der Waals surface area contributed by atoms with E-state index < -0.39 is 0 Å². The summed E-state index contributed by atoms with van der Waals surface area (Å²) in [7, 11) is 2.12. The Hall–Kier alpha value is -3.88. The third kappa shape index (κ3) is 4.82. The highest BCUT2D eigenvalue weighted by Gasteiger charge is 2.26. The molecule has 4 aromatic rings. The number of carbonyl (C=O) groups excluding carboxylic acids is 1. The van der Waals surface area contributed by atoms with Crippen molar-refractivity contribution in [3.05, 3.63) is 65.7 Å². The van der Waals surface area contributed by atoms with E-state index in [1.165, 1.54) is 6.08 Å². The lowest BCUT2D eigenvalue weighted by atomic mass is 9.93. The average Bonchev–Trinajstić information content (AvgIpc) is 3.36. The average molecular weight is 557 g/mol. The number of rotatable bonds is 5. The van der Waals surface area contributed by atoms with Crippen LogP contribution in [-0.4, -0.2) is 83.1 Å². The minimum Gasteiger partial charge on any atom is -0.508 e. The van der Waals surface area contributed by atoms with Gasteiger partial charge in [0, 0.05) is 54.7 Å². The molecule has 0 radical (unpaired) electrons. The van der Waals surface area contributed by atoms with Gasteiger partial charge in [-0.2, -0.15) is 4.98 Å². The highest BCUT2D eigenvalue weighted by atomic mass is 35.5. The van der Waals surface area contributed by atoms with Crippen molar-refractivity contribution in [3.63, 3.8) is 0 Å². The lowest BCUT2D eigenvalue weighted by molar-refractivity contribution is -0.126. The molecule has 9 heteroatoms. The molecular formula is C31H33ClN6O2. The van der Waals surface area contributed by atoms with Gasteiger partial charge in [0.15, 0.2) is 0 Å². The predicted octanol–water partition coefficient (Wildman–Crippen LogP) is 5.07. The third-order valence-corrected chi connectivity index (χ3v) is 8.37. The molecule has 1 aromatic heterocycles. The number of phenolic OH excluding ortho intramolecular Hbond substituents is 1. The van der Waals surface area contributed by atoms with E-state index in [-0.39, 0.29) is 17.7 Å². The number of likely N-dealkylation sites (tertiary alicyclic amines) is 1. The van der Waals surface area contributed by atoms with Gasteiger partial charge < -0.3 is 25.1 Å². The first-order chi connectivity index (χ1) is 19.3. The van der Waals surface area contributed by atoms with Crippen molar-refractivity contribution in [1.82, 2.24) is 19.8 Å². The van der Waals surface area contributed by atoms with Gasteiger partial charge in [-0.05, 0) is 73.1 Å². The number of nitrogens with zero attached hydrogens (tertiary/aromatic N) is 5. The molecule has 0 spiro atoms. The van der Waals surface area contributed by atoms with Crippen LogP contribution in [0.2, 0.25) is 5.02 Å². The second-order valence-electron chi connectivity index (χ2n) is 10.7. The number of hydrogen-bond acceptors (Lipinski definition) is 7. The number of nitrogens with one attached hydrogen (secondary N) is 1. The predicted molar refractivity (Wildman–Crippen MR) is 162 cm³/mol. The van der Waals surface area contributed by atoms with Gasteiger partial charge in [0.2, 0.25) is 11.9 Å². The van der Waals surface area contributed by atoms with E-state index >= 15 is 0 Å². The van der Waals surface area contributed by atoms with Gasteiger partial charge in [0.05, 0.1) is 5.52 Å². The van der Waals surface area contributed by atoms with Crippen molar-refractivity contribution in [3.8, 4) is 16.9 Å². The minimum absolute atomic E-state index is 0.0539. The van der Waals surface area contributed by atoms with Crippen molar-refractivity contribution in [2.24, 2.45) is 0 Å². The Kier molecular flexibility index (Phi) is 6.98. The summed E-state index contributed by atoms with van der Waals surface area (Å²) < 4.78 is 0. The van der Waals surface area contributed by atoms with Gasteiger partial charge in [-0.3, -0.25) is 4.79 Å². The molecule has 40 heavy (non-hydrogen) atoms. The summed E-state index contributed by atoms with van der Waals surface area (Å²) in [5.41, 5.74) is 3.45. The van der Waals surface area contributed by atoms with Crippen molar-refractivity contribution >= 4 is 50.9 Å². The van der Waals surface area contributed by atoms with E-state index in [4.69, 9.17) is 21.6 Å². The Bertz CT molecular complexity index is 1630. The highest BCUT2D eigenvalue weighted by Crippen LogP contribution is 2.42. The molecule has 1 unspecified atom stereocenters. The quantitative estimate of drug-likeness (QED) is 0.332. The number of carbonyl (C=O) groups is 1. The second kappa shape index (κ2) is 10.6. The number of likely N-dealkylation sites (N-methyl/N-ethyl adjacent to an activating group) is 1. The van der Waals surface area contributed by atoms with E-state index in [9.17, 15) is 9.90 Å². The molecule has 2 N–H and O–H groups in total. The van der Waals surface area contributed by atoms with Crippen LogP contribution in [0, 0.1) is 6.92 Å². The number of anilines is 2. The van der Waals surface area contributed by atoms with Crippen LogP contribution in [0.4, 0.5) is 11.8 Å². The van der Waals surface area contributed by atoms with Crippen LogP contribution in [0.3, 0.4) is 0 Å². The standard InChI is InChI=1S/C31H33ClN6O2/c1-4-27(40)37-11-13-38(14-12-37)30-25-17-26(32)28(24-16-22(39)15-20-7-5-6-8-23(20)24)19(2)29(25)34-31(35-30)33-21-9-10-36(3)18-21/h4-8,15-17,21,39H,1,9-14,18H2,2-3H3,(H,33,34,35). The third-order valence-electron chi connectivity index (χ3n) is 8.07. The van der Waals surface area contributed by atoms with E-state index in [0.717, 1.165) is 63.7 Å². The van der Waals surface area contributed by atoms with Crippen LogP contribution in [0.5, 0.6) is 5.75 Å². The van der Waals surface area contributed by atoms with Crippen molar-refractivity contribution < 1.29 is 9.90 Å². The number of phenols is 1. The van der Waals surface area contributed by atoms with Crippen LogP contribution in [0.25, 0.3) is 32.8 Å². The summed E-state index contributed by atoms with van der Waals surface area (Å²) in [6.07, 6.45) is 2.39. The number of fused-ring (bicyclic) bond motifs is 2. The molecule has 1 atom stereocenters. The summed E-state index contributed by atoms with van der Waals surface area (Å²) in [5, 5.41) is 17.5. The van der Waals surface area contributed by atoms with E-state index in [0.29, 0.717) is 37.1 Å². The van der Waals surface area contributed by atoms with E-state index in [2.05, 4.69) is 28.7 Å². The Balaban J connectivity index is 1.50. The molecule has 0 bridgehead atoms. The van der Waals surface area contributed by atoms with Gasteiger partial charge in [-0.25, -0.2) is 4.98 Å². The first kappa shape index (κ1) is 26.3. The van der Waals surface area contributed by atoms with Crippen molar-refractivity contribution in [1.29, 1.82) is 0 Å². The molecule has 3 heterocycles. The largest absolute Gasteiger partial charge is 0.508 e. The molecule has 2 fully saturated rings.